The predicted molar refractivity (Wildman–Crippen MR) is 123 cm³/mol. The van der Waals surface area contributed by atoms with Crippen molar-refractivity contribution in [3.05, 3.63) is 77.2 Å². The van der Waals surface area contributed by atoms with E-state index >= 15 is 0 Å². The Bertz CT molecular complexity index is 1410. The van der Waals surface area contributed by atoms with E-state index in [0.29, 0.717) is 11.4 Å². The highest BCUT2D eigenvalue weighted by Gasteiger charge is 2.37. The molecular weight excluding hydrogens is 488 g/mol. The van der Waals surface area contributed by atoms with Gasteiger partial charge in [-0.05, 0) is 43.3 Å². The van der Waals surface area contributed by atoms with Crippen LogP contribution in [-0.4, -0.2) is 32.7 Å². The molecule has 5 rings (SSSR count). The standard InChI is InChI=1S/C23H17ClF4N6O/c1-13-11-33(12-30-13)19-5-3-15(9-17(19)25)31-22-29-10-20-21(32-22)34(6-7-35-20)18-4-2-14(24)8-16(18)23(26,27)28/h2-5,8-12H,6-7H2,1H3,(H,29,31,32). The van der Waals surface area contributed by atoms with Crippen molar-refractivity contribution in [3.63, 3.8) is 0 Å². The number of aryl methyl sites for hydroxylation is 1. The smallest absolute Gasteiger partial charge is 0.418 e. The molecule has 0 bridgehead atoms. The lowest BCUT2D eigenvalue weighted by Crippen LogP contribution is -2.31. The first kappa shape index (κ1) is 22.9. The van der Waals surface area contributed by atoms with E-state index in [0.717, 1.165) is 11.8 Å². The molecule has 0 saturated carbocycles. The van der Waals surface area contributed by atoms with Gasteiger partial charge in [0.05, 0.1) is 41.7 Å². The molecule has 0 spiro atoms. The van der Waals surface area contributed by atoms with Crippen LogP contribution in [0.2, 0.25) is 5.02 Å². The average molecular weight is 505 g/mol. The van der Waals surface area contributed by atoms with Crippen LogP contribution in [0.1, 0.15) is 11.3 Å². The molecule has 2 aromatic carbocycles. The molecule has 0 amide bonds. The van der Waals surface area contributed by atoms with Gasteiger partial charge in [0.25, 0.3) is 0 Å². The summed E-state index contributed by atoms with van der Waals surface area (Å²) in [6, 6.07) is 8.01. The molecule has 180 valence electrons. The Hall–Kier alpha value is -3.86. The number of rotatable bonds is 4. The molecule has 0 radical (unpaired) electrons. The topological polar surface area (TPSA) is 68.1 Å². The van der Waals surface area contributed by atoms with E-state index in [4.69, 9.17) is 16.3 Å². The number of nitrogens with one attached hydrogen (secondary N) is 1. The maximum Gasteiger partial charge on any atom is 0.418 e. The molecule has 7 nitrogen and oxygen atoms in total. The quantitative estimate of drug-likeness (QED) is 0.341. The fourth-order valence-electron chi connectivity index (χ4n) is 3.75. The lowest BCUT2D eigenvalue weighted by atomic mass is 10.1. The number of halogens is 5. The van der Waals surface area contributed by atoms with Gasteiger partial charge < -0.3 is 19.5 Å². The van der Waals surface area contributed by atoms with E-state index in [1.807, 2.05) is 0 Å². The van der Waals surface area contributed by atoms with Gasteiger partial charge in [-0.2, -0.15) is 18.2 Å². The van der Waals surface area contributed by atoms with Gasteiger partial charge in [0.1, 0.15) is 12.4 Å². The van der Waals surface area contributed by atoms with Crippen molar-refractivity contribution in [1.82, 2.24) is 19.5 Å². The summed E-state index contributed by atoms with van der Waals surface area (Å²) in [7, 11) is 0. The average Bonchev–Trinajstić information content (AvgIpc) is 3.24. The summed E-state index contributed by atoms with van der Waals surface area (Å²) in [5.41, 5.74) is 0.411. The molecule has 0 fully saturated rings. The zero-order chi connectivity index (χ0) is 24.7. The van der Waals surface area contributed by atoms with Crippen molar-refractivity contribution in [2.24, 2.45) is 0 Å². The van der Waals surface area contributed by atoms with Crippen LogP contribution in [0.5, 0.6) is 5.75 Å². The summed E-state index contributed by atoms with van der Waals surface area (Å²) in [5.74, 6) is -0.0758. The molecule has 4 aromatic rings. The highest BCUT2D eigenvalue weighted by molar-refractivity contribution is 6.30. The lowest BCUT2D eigenvalue weighted by molar-refractivity contribution is -0.137. The van der Waals surface area contributed by atoms with E-state index in [-0.39, 0.29) is 41.4 Å². The van der Waals surface area contributed by atoms with E-state index in [1.54, 1.807) is 29.8 Å². The normalized spacial score (nSPS) is 13.4. The third kappa shape index (κ3) is 4.59. The Morgan fingerprint density at radius 3 is 2.60 bits per heavy atom. The summed E-state index contributed by atoms with van der Waals surface area (Å²) in [6.07, 6.45) is -0.0640. The van der Waals surface area contributed by atoms with Crippen molar-refractivity contribution in [1.29, 1.82) is 0 Å². The number of hydrogen-bond donors (Lipinski definition) is 1. The second-order valence-corrected chi connectivity index (χ2v) is 8.19. The Balaban J connectivity index is 1.47. The fourth-order valence-corrected chi connectivity index (χ4v) is 3.92. The molecule has 2 aromatic heterocycles. The first-order chi connectivity index (χ1) is 16.7. The van der Waals surface area contributed by atoms with Crippen LogP contribution < -0.4 is 15.0 Å². The van der Waals surface area contributed by atoms with E-state index in [9.17, 15) is 17.6 Å². The molecule has 0 atom stereocenters. The number of benzene rings is 2. The van der Waals surface area contributed by atoms with Crippen molar-refractivity contribution in [2.75, 3.05) is 23.4 Å². The molecule has 3 heterocycles. The minimum atomic E-state index is -4.63. The van der Waals surface area contributed by atoms with E-state index < -0.39 is 17.6 Å². The number of alkyl halides is 3. The maximum absolute atomic E-state index is 14.7. The molecule has 35 heavy (non-hydrogen) atoms. The van der Waals surface area contributed by atoms with Crippen LogP contribution in [0.15, 0.2) is 55.1 Å². The van der Waals surface area contributed by atoms with Crippen LogP contribution in [0, 0.1) is 12.7 Å². The second-order valence-electron chi connectivity index (χ2n) is 7.75. The number of imidazole rings is 1. The van der Waals surface area contributed by atoms with Crippen LogP contribution in [0.25, 0.3) is 5.69 Å². The minimum absolute atomic E-state index is 0.0315. The summed E-state index contributed by atoms with van der Waals surface area (Å²) in [5, 5.41) is 2.86. The van der Waals surface area contributed by atoms with Gasteiger partial charge in [-0.15, -0.1) is 0 Å². The Morgan fingerprint density at radius 1 is 1.09 bits per heavy atom. The largest absolute Gasteiger partial charge is 0.486 e. The van der Waals surface area contributed by atoms with Gasteiger partial charge in [0.2, 0.25) is 5.95 Å². The summed E-state index contributed by atoms with van der Waals surface area (Å²) in [6.45, 7) is 2.07. The number of anilines is 4. The van der Waals surface area contributed by atoms with E-state index in [2.05, 4.69) is 20.3 Å². The zero-order valence-electron chi connectivity index (χ0n) is 18.1. The third-order valence-corrected chi connectivity index (χ3v) is 5.55. The molecule has 0 unspecified atom stereocenters. The Kier molecular flexibility index (Phi) is 5.72. The van der Waals surface area contributed by atoms with Crippen molar-refractivity contribution in [2.45, 2.75) is 13.1 Å². The molecule has 1 aliphatic heterocycles. The lowest BCUT2D eigenvalue weighted by Gasteiger charge is -2.31. The van der Waals surface area contributed by atoms with E-state index in [1.165, 1.54) is 35.6 Å². The van der Waals surface area contributed by atoms with Gasteiger partial charge >= 0.3 is 6.18 Å². The van der Waals surface area contributed by atoms with Crippen molar-refractivity contribution in [3.8, 4) is 11.4 Å². The fraction of sp³-hybridized carbons (Fsp3) is 0.174. The summed E-state index contributed by atoms with van der Waals surface area (Å²) >= 11 is 5.83. The van der Waals surface area contributed by atoms with Crippen molar-refractivity contribution < 1.29 is 22.3 Å². The van der Waals surface area contributed by atoms with Gasteiger partial charge in [-0.25, -0.2) is 14.4 Å². The summed E-state index contributed by atoms with van der Waals surface area (Å²) < 4.78 is 63.0. The maximum atomic E-state index is 14.7. The first-order valence-corrected chi connectivity index (χ1v) is 10.8. The van der Waals surface area contributed by atoms with Gasteiger partial charge in [0.15, 0.2) is 11.6 Å². The first-order valence-electron chi connectivity index (χ1n) is 10.4. The number of aromatic nitrogens is 4. The minimum Gasteiger partial charge on any atom is -0.486 e. The number of ether oxygens (including phenoxy) is 1. The molecular formula is C23H17ClF4N6O. The number of fused-ring (bicyclic) bond motifs is 1. The molecule has 1 aliphatic rings. The molecule has 0 aliphatic carbocycles. The van der Waals surface area contributed by atoms with Gasteiger partial charge in [0, 0.05) is 16.9 Å². The number of hydrogen-bond acceptors (Lipinski definition) is 6. The SMILES string of the molecule is Cc1cn(-c2ccc(Nc3ncc4c(n3)N(c3ccc(Cl)cc3C(F)(F)F)CCO4)cc2F)cn1. The molecule has 12 heteroatoms. The van der Waals surface area contributed by atoms with Crippen LogP contribution >= 0.6 is 11.6 Å². The van der Waals surface area contributed by atoms with Crippen LogP contribution in [0.3, 0.4) is 0 Å². The Morgan fingerprint density at radius 2 is 1.89 bits per heavy atom. The Labute approximate surface area is 202 Å². The molecule has 1 N–H and O–H groups in total. The van der Waals surface area contributed by atoms with Gasteiger partial charge in [-0.3, -0.25) is 0 Å². The van der Waals surface area contributed by atoms with Crippen LogP contribution in [-0.2, 0) is 6.18 Å². The van der Waals surface area contributed by atoms with Crippen molar-refractivity contribution >= 4 is 34.7 Å². The zero-order valence-corrected chi connectivity index (χ0v) is 18.9. The monoisotopic (exact) mass is 504 g/mol. The number of nitrogens with zero attached hydrogens (tertiary/aromatic N) is 5. The highest BCUT2D eigenvalue weighted by atomic mass is 35.5. The molecule has 0 saturated heterocycles. The van der Waals surface area contributed by atoms with Gasteiger partial charge in [-0.1, -0.05) is 11.6 Å². The summed E-state index contributed by atoms with van der Waals surface area (Å²) in [4.78, 5) is 14.0. The second kappa shape index (κ2) is 8.73. The highest BCUT2D eigenvalue weighted by Crippen LogP contribution is 2.43. The van der Waals surface area contributed by atoms with Crippen LogP contribution in [0.4, 0.5) is 40.7 Å². The third-order valence-electron chi connectivity index (χ3n) is 5.31. The predicted octanol–water partition coefficient (Wildman–Crippen LogP) is 6.06.